The molecular formula is C19H23N3O2. The van der Waals surface area contributed by atoms with E-state index < -0.39 is 0 Å². The number of methoxy groups -OCH3 is 1. The van der Waals surface area contributed by atoms with Crippen LogP contribution in [0.5, 0.6) is 5.75 Å². The van der Waals surface area contributed by atoms with Crippen molar-refractivity contribution < 1.29 is 9.53 Å². The van der Waals surface area contributed by atoms with Gasteiger partial charge in [0.05, 0.1) is 7.11 Å². The summed E-state index contributed by atoms with van der Waals surface area (Å²) in [7, 11) is 1.65. The number of para-hydroxylation sites is 1. The summed E-state index contributed by atoms with van der Waals surface area (Å²) in [6.07, 6.45) is 1.58. The molecule has 0 aromatic heterocycles. The van der Waals surface area contributed by atoms with E-state index in [1.54, 1.807) is 7.11 Å². The summed E-state index contributed by atoms with van der Waals surface area (Å²) in [5.41, 5.74) is 9.43. The van der Waals surface area contributed by atoms with E-state index in [1.165, 1.54) is 0 Å². The number of carbonyl (C=O) groups is 1. The van der Waals surface area contributed by atoms with Crippen LogP contribution >= 0.6 is 0 Å². The van der Waals surface area contributed by atoms with Crippen molar-refractivity contribution in [3.8, 4) is 5.75 Å². The minimum absolute atomic E-state index is 0.0196. The van der Waals surface area contributed by atoms with Crippen molar-refractivity contribution in [1.29, 1.82) is 0 Å². The molecule has 5 nitrogen and oxygen atoms in total. The first kappa shape index (κ1) is 16.5. The molecule has 1 saturated heterocycles. The molecule has 1 aliphatic rings. The summed E-state index contributed by atoms with van der Waals surface area (Å²) in [6.45, 7) is 2.08. The maximum Gasteiger partial charge on any atom is 0.242 e. The molecule has 2 aromatic carbocycles. The topological polar surface area (TPSA) is 62.4 Å². The van der Waals surface area contributed by atoms with E-state index in [-0.39, 0.29) is 18.0 Å². The lowest BCUT2D eigenvalue weighted by Gasteiger charge is -2.13. The van der Waals surface area contributed by atoms with Crippen molar-refractivity contribution in [2.75, 3.05) is 12.4 Å². The van der Waals surface area contributed by atoms with Gasteiger partial charge < -0.3 is 10.1 Å². The second kappa shape index (κ2) is 7.47. The Morgan fingerprint density at radius 1 is 1.21 bits per heavy atom. The minimum Gasteiger partial charge on any atom is -0.497 e. The van der Waals surface area contributed by atoms with Gasteiger partial charge in [-0.3, -0.25) is 4.79 Å². The number of amides is 1. The van der Waals surface area contributed by atoms with Crippen LogP contribution in [0.15, 0.2) is 48.5 Å². The Morgan fingerprint density at radius 3 is 2.83 bits per heavy atom. The molecule has 24 heavy (non-hydrogen) atoms. The number of nitrogens with one attached hydrogen (secondary N) is 3. The molecule has 2 atom stereocenters. The highest BCUT2D eigenvalue weighted by Gasteiger charge is 2.30. The normalized spacial score (nSPS) is 19.9. The molecule has 0 radical (unpaired) electrons. The number of hydrogen-bond donors (Lipinski definition) is 3. The molecular weight excluding hydrogens is 302 g/mol. The van der Waals surface area contributed by atoms with Crippen LogP contribution in [-0.4, -0.2) is 19.1 Å². The van der Waals surface area contributed by atoms with Crippen molar-refractivity contribution in [2.24, 2.45) is 0 Å². The van der Waals surface area contributed by atoms with Gasteiger partial charge in [-0.05, 0) is 42.2 Å². The van der Waals surface area contributed by atoms with Gasteiger partial charge in [-0.1, -0.05) is 37.3 Å². The van der Waals surface area contributed by atoms with Crippen LogP contribution in [0, 0.1) is 0 Å². The van der Waals surface area contributed by atoms with Gasteiger partial charge >= 0.3 is 0 Å². The average molecular weight is 325 g/mol. The third-order valence-electron chi connectivity index (χ3n) is 4.37. The number of rotatable bonds is 5. The zero-order valence-corrected chi connectivity index (χ0v) is 14.0. The molecule has 1 aliphatic heterocycles. The third-order valence-corrected chi connectivity index (χ3v) is 4.37. The maximum atomic E-state index is 12.5. The maximum absolute atomic E-state index is 12.5. The van der Waals surface area contributed by atoms with Gasteiger partial charge in [0.2, 0.25) is 5.91 Å². The third kappa shape index (κ3) is 3.58. The van der Waals surface area contributed by atoms with E-state index in [4.69, 9.17) is 4.74 Å². The van der Waals surface area contributed by atoms with E-state index >= 15 is 0 Å². The number of carbonyl (C=O) groups excluding carboxylic acids is 1. The first-order valence-electron chi connectivity index (χ1n) is 8.25. The van der Waals surface area contributed by atoms with Crippen molar-refractivity contribution >= 4 is 11.6 Å². The highest BCUT2D eigenvalue weighted by atomic mass is 16.5. The predicted molar refractivity (Wildman–Crippen MR) is 94.9 cm³/mol. The first-order chi connectivity index (χ1) is 11.7. The smallest absolute Gasteiger partial charge is 0.242 e. The molecule has 2 aromatic rings. The lowest BCUT2D eigenvalue weighted by atomic mass is 10.0. The molecule has 0 saturated carbocycles. The Bertz CT molecular complexity index is 717. The van der Waals surface area contributed by atoms with Crippen LogP contribution < -0.4 is 20.9 Å². The van der Waals surface area contributed by atoms with Gasteiger partial charge in [-0.25, -0.2) is 10.9 Å². The quantitative estimate of drug-likeness (QED) is 0.791. The highest BCUT2D eigenvalue weighted by Crippen LogP contribution is 2.26. The molecule has 2 unspecified atom stereocenters. The molecule has 3 N–H and O–H groups in total. The van der Waals surface area contributed by atoms with Gasteiger partial charge in [-0.2, -0.15) is 0 Å². The average Bonchev–Trinajstić information content (AvgIpc) is 3.12. The van der Waals surface area contributed by atoms with E-state index in [9.17, 15) is 4.79 Å². The van der Waals surface area contributed by atoms with Gasteiger partial charge in [0, 0.05) is 11.7 Å². The standard InChI is InChI=1S/C19H23N3O2/c1-3-13-7-4-5-10-16(13)20-19(23)18-12-17(21-22-18)14-8-6-9-15(11-14)24-2/h4-11,17-18,21-22H,3,12H2,1-2H3,(H,20,23). The van der Waals surface area contributed by atoms with E-state index in [0.29, 0.717) is 6.42 Å². The van der Waals surface area contributed by atoms with Gasteiger partial charge in [0.25, 0.3) is 0 Å². The van der Waals surface area contributed by atoms with Crippen molar-refractivity contribution in [3.05, 3.63) is 59.7 Å². The van der Waals surface area contributed by atoms with E-state index in [1.807, 2.05) is 48.5 Å². The molecule has 126 valence electrons. The Hall–Kier alpha value is -2.37. The molecule has 0 bridgehead atoms. The van der Waals surface area contributed by atoms with Gasteiger partial charge in [-0.15, -0.1) is 0 Å². The molecule has 0 aliphatic carbocycles. The van der Waals surface area contributed by atoms with Crippen LogP contribution in [0.2, 0.25) is 0 Å². The van der Waals surface area contributed by atoms with Crippen LogP contribution in [-0.2, 0) is 11.2 Å². The number of anilines is 1. The second-order valence-corrected chi connectivity index (χ2v) is 5.91. The summed E-state index contributed by atoms with van der Waals surface area (Å²) in [5.74, 6) is 0.799. The van der Waals surface area contributed by atoms with E-state index in [0.717, 1.165) is 29.0 Å². The predicted octanol–water partition coefficient (Wildman–Crippen LogP) is 2.80. The number of ether oxygens (including phenoxy) is 1. The Balaban J connectivity index is 1.65. The first-order valence-corrected chi connectivity index (χ1v) is 8.25. The lowest BCUT2D eigenvalue weighted by Crippen LogP contribution is -2.39. The molecule has 5 heteroatoms. The fourth-order valence-electron chi connectivity index (χ4n) is 2.98. The molecule has 0 spiro atoms. The van der Waals surface area contributed by atoms with Gasteiger partial charge in [0.1, 0.15) is 11.8 Å². The highest BCUT2D eigenvalue weighted by molar-refractivity contribution is 5.95. The molecule has 1 amide bonds. The fourth-order valence-corrected chi connectivity index (χ4v) is 2.98. The largest absolute Gasteiger partial charge is 0.497 e. The zero-order chi connectivity index (χ0) is 16.9. The summed E-state index contributed by atoms with van der Waals surface area (Å²) < 4.78 is 5.27. The molecule has 3 rings (SSSR count). The summed E-state index contributed by atoms with van der Waals surface area (Å²) >= 11 is 0. The number of benzene rings is 2. The van der Waals surface area contributed by atoms with Crippen LogP contribution in [0.25, 0.3) is 0 Å². The van der Waals surface area contributed by atoms with Crippen LogP contribution in [0.4, 0.5) is 5.69 Å². The van der Waals surface area contributed by atoms with Crippen LogP contribution in [0.3, 0.4) is 0 Å². The molecule has 1 heterocycles. The van der Waals surface area contributed by atoms with Crippen molar-refractivity contribution in [2.45, 2.75) is 31.8 Å². The minimum atomic E-state index is -0.272. The summed E-state index contributed by atoms with van der Waals surface area (Å²) in [5, 5.41) is 3.03. The number of hydrazine groups is 1. The zero-order valence-electron chi connectivity index (χ0n) is 14.0. The number of aryl methyl sites for hydroxylation is 1. The van der Waals surface area contributed by atoms with Crippen molar-refractivity contribution in [1.82, 2.24) is 10.9 Å². The SMILES string of the molecule is CCc1ccccc1NC(=O)C1CC(c2cccc(OC)c2)NN1. The Kier molecular flexibility index (Phi) is 5.13. The summed E-state index contributed by atoms with van der Waals surface area (Å²) in [6, 6.07) is 15.6. The van der Waals surface area contributed by atoms with Gasteiger partial charge in [0.15, 0.2) is 0 Å². The Labute approximate surface area is 142 Å². The number of hydrogen-bond acceptors (Lipinski definition) is 4. The lowest BCUT2D eigenvalue weighted by molar-refractivity contribution is -0.117. The monoisotopic (exact) mass is 325 g/mol. The summed E-state index contributed by atoms with van der Waals surface area (Å²) in [4.78, 5) is 12.5. The van der Waals surface area contributed by atoms with E-state index in [2.05, 4.69) is 23.1 Å². The Morgan fingerprint density at radius 2 is 2.04 bits per heavy atom. The fraction of sp³-hybridized carbons (Fsp3) is 0.316. The van der Waals surface area contributed by atoms with Crippen molar-refractivity contribution in [3.63, 3.8) is 0 Å². The van der Waals surface area contributed by atoms with Crippen LogP contribution in [0.1, 0.15) is 30.5 Å². The second-order valence-electron chi connectivity index (χ2n) is 5.91. The molecule has 1 fully saturated rings.